The first-order valence-corrected chi connectivity index (χ1v) is 8.23. The molecule has 0 spiro atoms. The van der Waals surface area contributed by atoms with Gasteiger partial charge in [0.2, 0.25) is 0 Å². The fraction of sp³-hybridized carbons (Fsp3) is 0.500. The number of piperidine rings is 1. The third kappa shape index (κ3) is 2.94. The average molecular weight is 330 g/mol. The summed E-state index contributed by atoms with van der Waals surface area (Å²) in [5.41, 5.74) is 0.306. The van der Waals surface area contributed by atoms with Gasteiger partial charge in [0, 0.05) is 6.54 Å². The molecular weight excluding hydrogens is 308 g/mol. The standard InChI is InChI=1S/C18H22N2O4/c1-18(2,3)17(23)24-19-10-6-7-12(11-19)20-15(21)13-8-4-5-9-14(13)16(20)22/h4-5,8-9,12H,6-7,10-11H2,1-3H3. The first-order chi connectivity index (χ1) is 11.3. The van der Waals surface area contributed by atoms with Gasteiger partial charge in [-0.3, -0.25) is 14.5 Å². The highest BCUT2D eigenvalue weighted by Gasteiger charge is 2.41. The van der Waals surface area contributed by atoms with Crippen molar-refractivity contribution in [2.45, 2.75) is 39.7 Å². The molecule has 0 saturated carbocycles. The second-order valence-electron chi connectivity index (χ2n) is 7.34. The molecule has 2 aliphatic heterocycles. The lowest BCUT2D eigenvalue weighted by Gasteiger charge is -2.36. The molecule has 6 heteroatoms. The van der Waals surface area contributed by atoms with Crippen LogP contribution in [0.1, 0.15) is 54.3 Å². The summed E-state index contributed by atoms with van der Waals surface area (Å²) in [6.45, 7) is 6.34. The molecule has 3 rings (SSSR count). The van der Waals surface area contributed by atoms with E-state index in [-0.39, 0.29) is 23.8 Å². The van der Waals surface area contributed by atoms with Gasteiger partial charge in [0.1, 0.15) is 0 Å². The molecule has 24 heavy (non-hydrogen) atoms. The van der Waals surface area contributed by atoms with Crippen molar-refractivity contribution in [2.24, 2.45) is 5.41 Å². The minimum absolute atomic E-state index is 0.260. The number of imide groups is 1. The van der Waals surface area contributed by atoms with Crippen LogP contribution in [0.5, 0.6) is 0 Å². The predicted octanol–water partition coefficient (Wildman–Crippen LogP) is 2.25. The number of carbonyl (C=O) groups excluding carboxylic acids is 3. The third-order valence-electron chi connectivity index (χ3n) is 4.37. The molecule has 128 valence electrons. The van der Waals surface area contributed by atoms with Crippen molar-refractivity contribution in [3.8, 4) is 0 Å². The molecule has 1 fully saturated rings. The number of hydrogen-bond acceptors (Lipinski definition) is 5. The van der Waals surface area contributed by atoms with E-state index in [1.165, 1.54) is 4.90 Å². The first-order valence-electron chi connectivity index (χ1n) is 8.23. The number of benzene rings is 1. The van der Waals surface area contributed by atoms with Gasteiger partial charge in [0.15, 0.2) is 0 Å². The molecular formula is C18H22N2O4. The first kappa shape index (κ1) is 16.6. The smallest absolute Gasteiger partial charge is 0.330 e. The molecule has 1 aromatic rings. The summed E-state index contributed by atoms with van der Waals surface area (Å²) in [4.78, 5) is 44.0. The number of rotatable bonds is 2. The number of hydrogen-bond donors (Lipinski definition) is 0. The summed E-state index contributed by atoms with van der Waals surface area (Å²) in [5, 5.41) is 1.57. The number of amides is 2. The summed E-state index contributed by atoms with van der Waals surface area (Å²) < 4.78 is 0. The average Bonchev–Trinajstić information content (AvgIpc) is 2.79. The van der Waals surface area contributed by atoms with Crippen molar-refractivity contribution < 1.29 is 19.2 Å². The maximum absolute atomic E-state index is 12.6. The maximum Gasteiger partial charge on any atom is 0.330 e. The zero-order valence-corrected chi connectivity index (χ0v) is 14.2. The highest BCUT2D eigenvalue weighted by molar-refractivity contribution is 6.21. The van der Waals surface area contributed by atoms with E-state index in [2.05, 4.69) is 0 Å². The predicted molar refractivity (Wildman–Crippen MR) is 87.1 cm³/mol. The molecule has 1 unspecified atom stereocenters. The van der Waals surface area contributed by atoms with Gasteiger partial charge in [-0.25, -0.2) is 4.79 Å². The van der Waals surface area contributed by atoms with Crippen molar-refractivity contribution in [3.05, 3.63) is 35.4 Å². The molecule has 1 saturated heterocycles. The number of nitrogens with zero attached hydrogens (tertiary/aromatic N) is 2. The van der Waals surface area contributed by atoms with E-state index in [9.17, 15) is 14.4 Å². The molecule has 1 aromatic carbocycles. The van der Waals surface area contributed by atoms with Crippen molar-refractivity contribution in [1.82, 2.24) is 9.96 Å². The van der Waals surface area contributed by atoms with Crippen LogP contribution < -0.4 is 0 Å². The minimum atomic E-state index is -0.595. The largest absolute Gasteiger partial charge is 0.367 e. The minimum Gasteiger partial charge on any atom is -0.367 e. The van der Waals surface area contributed by atoms with E-state index >= 15 is 0 Å². The normalized spacial score (nSPS) is 21.8. The van der Waals surface area contributed by atoms with Crippen molar-refractivity contribution in [2.75, 3.05) is 13.1 Å². The molecule has 0 aromatic heterocycles. The third-order valence-corrected chi connectivity index (χ3v) is 4.37. The van der Waals surface area contributed by atoms with Crippen LogP contribution in [0.15, 0.2) is 24.3 Å². The molecule has 6 nitrogen and oxygen atoms in total. The molecule has 2 aliphatic rings. The van der Waals surface area contributed by atoms with Crippen LogP contribution in [0.2, 0.25) is 0 Å². The fourth-order valence-electron chi connectivity index (χ4n) is 3.01. The SMILES string of the molecule is CC(C)(C)C(=O)ON1CCCC(N2C(=O)c3ccccc3C2=O)C1. The second kappa shape index (κ2) is 6.02. The number of carbonyl (C=O) groups is 3. The molecule has 0 aliphatic carbocycles. The molecule has 2 amide bonds. The van der Waals surface area contributed by atoms with E-state index in [0.29, 0.717) is 24.2 Å². The van der Waals surface area contributed by atoms with Crippen molar-refractivity contribution in [1.29, 1.82) is 0 Å². The summed E-state index contributed by atoms with van der Waals surface area (Å²) in [7, 11) is 0. The Morgan fingerprint density at radius 2 is 1.71 bits per heavy atom. The van der Waals surface area contributed by atoms with Gasteiger partial charge in [-0.05, 0) is 45.7 Å². The topological polar surface area (TPSA) is 66.9 Å². The monoisotopic (exact) mass is 330 g/mol. The fourth-order valence-corrected chi connectivity index (χ4v) is 3.01. The van der Waals surface area contributed by atoms with Gasteiger partial charge in [0.25, 0.3) is 11.8 Å². The summed E-state index contributed by atoms with van der Waals surface area (Å²) in [6, 6.07) is 6.59. The maximum atomic E-state index is 12.6. The number of fused-ring (bicyclic) bond motifs is 1. The Morgan fingerprint density at radius 3 is 2.25 bits per heavy atom. The van der Waals surface area contributed by atoms with Gasteiger partial charge >= 0.3 is 5.97 Å². The molecule has 0 bridgehead atoms. The van der Waals surface area contributed by atoms with Crippen LogP contribution in [0.3, 0.4) is 0 Å². The van der Waals surface area contributed by atoms with Crippen molar-refractivity contribution >= 4 is 17.8 Å². The highest BCUT2D eigenvalue weighted by Crippen LogP contribution is 2.28. The molecule has 1 atom stereocenters. The van der Waals surface area contributed by atoms with Crippen LogP contribution in [0.4, 0.5) is 0 Å². The van der Waals surface area contributed by atoms with Gasteiger partial charge in [-0.15, -0.1) is 5.06 Å². The Labute approximate surface area is 141 Å². The molecule has 2 heterocycles. The second-order valence-corrected chi connectivity index (χ2v) is 7.34. The van der Waals surface area contributed by atoms with Gasteiger partial charge in [0.05, 0.1) is 29.1 Å². The van der Waals surface area contributed by atoms with Crippen molar-refractivity contribution in [3.63, 3.8) is 0 Å². The summed E-state index contributed by atoms with van der Waals surface area (Å²) in [5.74, 6) is -0.834. The summed E-state index contributed by atoms with van der Waals surface area (Å²) >= 11 is 0. The zero-order chi connectivity index (χ0) is 17.5. The zero-order valence-electron chi connectivity index (χ0n) is 14.2. The highest BCUT2D eigenvalue weighted by atomic mass is 16.7. The van der Waals surface area contributed by atoms with Crippen LogP contribution in [-0.4, -0.2) is 46.9 Å². The van der Waals surface area contributed by atoms with Gasteiger partial charge < -0.3 is 4.84 Å². The van der Waals surface area contributed by atoms with Crippen LogP contribution in [0, 0.1) is 5.41 Å². The van der Waals surface area contributed by atoms with Crippen LogP contribution in [0.25, 0.3) is 0 Å². The van der Waals surface area contributed by atoms with E-state index < -0.39 is 5.41 Å². The Hall–Kier alpha value is -2.21. The lowest BCUT2D eigenvalue weighted by Crippen LogP contribution is -2.51. The lowest BCUT2D eigenvalue weighted by molar-refractivity contribution is -0.206. The lowest BCUT2D eigenvalue weighted by atomic mass is 9.98. The van der Waals surface area contributed by atoms with E-state index in [4.69, 9.17) is 4.84 Å². The van der Waals surface area contributed by atoms with Crippen LogP contribution in [-0.2, 0) is 9.63 Å². The van der Waals surface area contributed by atoms with Gasteiger partial charge in [-0.1, -0.05) is 12.1 Å². The molecule has 0 N–H and O–H groups in total. The Morgan fingerprint density at radius 1 is 1.12 bits per heavy atom. The van der Waals surface area contributed by atoms with E-state index in [1.54, 1.807) is 50.1 Å². The summed E-state index contributed by atoms with van der Waals surface area (Å²) in [6.07, 6.45) is 1.48. The molecule has 0 radical (unpaired) electrons. The Balaban J connectivity index is 1.73. The van der Waals surface area contributed by atoms with E-state index in [1.807, 2.05) is 0 Å². The quantitative estimate of drug-likeness (QED) is 0.778. The van der Waals surface area contributed by atoms with Gasteiger partial charge in [-0.2, -0.15) is 0 Å². The van der Waals surface area contributed by atoms with E-state index in [0.717, 1.165) is 12.8 Å². The Kier molecular flexibility index (Phi) is 4.17. The Bertz CT molecular complexity index is 658. The van der Waals surface area contributed by atoms with Crippen LogP contribution >= 0.6 is 0 Å². The number of hydroxylamine groups is 2.